The van der Waals surface area contributed by atoms with Crippen LogP contribution in [0, 0.1) is 0 Å². The van der Waals surface area contributed by atoms with E-state index in [1.165, 1.54) is 12.2 Å². The van der Waals surface area contributed by atoms with Gasteiger partial charge in [0.25, 0.3) is 5.91 Å². The summed E-state index contributed by atoms with van der Waals surface area (Å²) < 4.78 is 1.83. The third-order valence-electron chi connectivity index (χ3n) is 2.34. The molecule has 2 rings (SSSR count). The number of aromatic nitrogens is 1. The minimum absolute atomic E-state index is 0.167. The fraction of sp³-hybridized carbons (Fsp3) is 0.182. The predicted molar refractivity (Wildman–Crippen MR) is 56.5 cm³/mol. The Bertz CT molecular complexity index is 490. The molecule has 4 heteroatoms. The largest absolute Gasteiger partial charge is 0.312 e. The van der Waals surface area contributed by atoms with Crippen LogP contribution in [0.3, 0.4) is 0 Å². The van der Waals surface area contributed by atoms with Crippen molar-refractivity contribution in [1.82, 2.24) is 9.46 Å². The van der Waals surface area contributed by atoms with Crippen LogP contribution in [0.15, 0.2) is 36.5 Å². The molecule has 0 aliphatic carbocycles. The molecule has 0 unspecified atom stereocenters. The fourth-order valence-electron chi connectivity index (χ4n) is 1.49. The number of hydrogen-bond acceptors (Lipinski definition) is 2. The van der Waals surface area contributed by atoms with Gasteiger partial charge >= 0.3 is 0 Å². The number of rotatable bonds is 2. The van der Waals surface area contributed by atoms with Crippen LogP contribution in [0.1, 0.15) is 10.5 Å². The Morgan fingerprint density at radius 2 is 2.07 bits per heavy atom. The van der Waals surface area contributed by atoms with E-state index in [1.807, 2.05) is 34.9 Å². The predicted octanol–water partition coefficient (Wildman–Crippen LogP) is 1.57. The van der Waals surface area contributed by atoms with Crippen LogP contribution in [-0.2, 0) is 4.84 Å². The van der Waals surface area contributed by atoms with Gasteiger partial charge < -0.3 is 4.40 Å². The Balaban J connectivity index is 2.51. The molecule has 0 saturated heterocycles. The first-order valence-electron chi connectivity index (χ1n) is 4.62. The minimum Gasteiger partial charge on any atom is -0.312 e. The molecule has 2 heterocycles. The molecule has 2 aromatic rings. The summed E-state index contributed by atoms with van der Waals surface area (Å²) in [6, 6.07) is 9.42. The number of hydrogen-bond donors (Lipinski definition) is 0. The normalized spacial score (nSPS) is 10.5. The van der Waals surface area contributed by atoms with E-state index in [2.05, 4.69) is 0 Å². The first kappa shape index (κ1) is 9.73. The van der Waals surface area contributed by atoms with Crippen LogP contribution in [0.5, 0.6) is 0 Å². The number of nitrogens with zero attached hydrogens (tertiary/aromatic N) is 2. The topological polar surface area (TPSA) is 34.0 Å². The Morgan fingerprint density at radius 3 is 2.80 bits per heavy atom. The maximum atomic E-state index is 11.9. The molecule has 0 saturated carbocycles. The molecule has 2 aromatic heterocycles. The fourth-order valence-corrected chi connectivity index (χ4v) is 1.49. The molecule has 4 nitrogen and oxygen atoms in total. The van der Waals surface area contributed by atoms with E-state index in [1.54, 1.807) is 13.1 Å². The summed E-state index contributed by atoms with van der Waals surface area (Å²) >= 11 is 0. The van der Waals surface area contributed by atoms with Gasteiger partial charge in [-0.25, -0.2) is 5.06 Å². The van der Waals surface area contributed by atoms with E-state index in [0.29, 0.717) is 5.69 Å². The van der Waals surface area contributed by atoms with Crippen molar-refractivity contribution in [1.29, 1.82) is 0 Å². The maximum Gasteiger partial charge on any atom is 0.294 e. The van der Waals surface area contributed by atoms with Crippen molar-refractivity contribution < 1.29 is 9.63 Å². The van der Waals surface area contributed by atoms with E-state index in [9.17, 15) is 4.79 Å². The third-order valence-corrected chi connectivity index (χ3v) is 2.34. The summed E-state index contributed by atoms with van der Waals surface area (Å²) in [7, 11) is 3.05. The average Bonchev–Trinajstić information content (AvgIpc) is 2.74. The lowest BCUT2D eigenvalue weighted by molar-refractivity contribution is -0.0761. The van der Waals surface area contributed by atoms with E-state index in [-0.39, 0.29) is 5.91 Å². The van der Waals surface area contributed by atoms with Crippen LogP contribution in [-0.4, -0.2) is 29.5 Å². The quantitative estimate of drug-likeness (QED) is 0.696. The molecule has 0 atom stereocenters. The van der Waals surface area contributed by atoms with Gasteiger partial charge in [0.2, 0.25) is 0 Å². The average molecular weight is 204 g/mol. The lowest BCUT2D eigenvalue weighted by Crippen LogP contribution is -2.27. The van der Waals surface area contributed by atoms with Gasteiger partial charge in [0.15, 0.2) is 0 Å². The van der Waals surface area contributed by atoms with E-state index in [4.69, 9.17) is 4.84 Å². The Labute approximate surface area is 87.6 Å². The van der Waals surface area contributed by atoms with Crippen LogP contribution in [0.25, 0.3) is 5.52 Å². The Kier molecular flexibility index (Phi) is 2.43. The maximum absolute atomic E-state index is 11.9. The zero-order valence-electron chi connectivity index (χ0n) is 8.68. The molecular weight excluding hydrogens is 192 g/mol. The summed E-state index contributed by atoms with van der Waals surface area (Å²) in [6.45, 7) is 0. The van der Waals surface area contributed by atoms with Crippen molar-refractivity contribution in [3.63, 3.8) is 0 Å². The van der Waals surface area contributed by atoms with Crippen molar-refractivity contribution in [3.8, 4) is 0 Å². The summed E-state index contributed by atoms with van der Waals surface area (Å²) in [5.41, 5.74) is 1.58. The number of carbonyl (C=O) groups excluding carboxylic acids is 1. The summed E-state index contributed by atoms with van der Waals surface area (Å²) in [5.74, 6) is -0.167. The third kappa shape index (κ3) is 1.59. The molecule has 78 valence electrons. The van der Waals surface area contributed by atoms with Gasteiger partial charge in [0, 0.05) is 18.8 Å². The Morgan fingerprint density at radius 1 is 1.33 bits per heavy atom. The van der Waals surface area contributed by atoms with E-state index < -0.39 is 0 Å². The first-order chi connectivity index (χ1) is 7.24. The highest BCUT2D eigenvalue weighted by molar-refractivity contribution is 5.92. The highest BCUT2D eigenvalue weighted by Gasteiger charge is 2.13. The van der Waals surface area contributed by atoms with Crippen molar-refractivity contribution in [3.05, 3.63) is 42.2 Å². The number of pyridine rings is 1. The van der Waals surface area contributed by atoms with Crippen molar-refractivity contribution in [2.24, 2.45) is 0 Å². The van der Waals surface area contributed by atoms with Gasteiger partial charge in [-0.15, -0.1) is 0 Å². The van der Waals surface area contributed by atoms with Crippen LogP contribution >= 0.6 is 0 Å². The number of hydroxylamine groups is 2. The molecule has 15 heavy (non-hydrogen) atoms. The first-order valence-corrected chi connectivity index (χ1v) is 4.62. The lowest BCUT2D eigenvalue weighted by atomic mass is 10.3. The van der Waals surface area contributed by atoms with Crippen molar-refractivity contribution >= 4 is 11.4 Å². The van der Waals surface area contributed by atoms with Gasteiger partial charge in [-0.2, -0.15) is 0 Å². The van der Waals surface area contributed by atoms with Crippen LogP contribution < -0.4 is 0 Å². The molecular formula is C11H12N2O2. The summed E-state index contributed by atoms with van der Waals surface area (Å²) in [6.07, 6.45) is 1.85. The summed E-state index contributed by atoms with van der Waals surface area (Å²) in [5, 5.41) is 1.20. The van der Waals surface area contributed by atoms with E-state index >= 15 is 0 Å². The lowest BCUT2D eigenvalue weighted by Gasteiger charge is -2.14. The molecule has 0 spiro atoms. The van der Waals surface area contributed by atoms with Gasteiger partial charge in [0.05, 0.1) is 7.11 Å². The monoisotopic (exact) mass is 204 g/mol. The summed E-state index contributed by atoms with van der Waals surface area (Å²) in [4.78, 5) is 16.7. The molecule has 0 aliphatic rings. The molecule has 0 aliphatic heterocycles. The molecule has 1 amide bonds. The zero-order valence-corrected chi connectivity index (χ0v) is 8.68. The van der Waals surface area contributed by atoms with Crippen LogP contribution in [0.2, 0.25) is 0 Å². The zero-order chi connectivity index (χ0) is 10.8. The molecule has 0 bridgehead atoms. The van der Waals surface area contributed by atoms with E-state index in [0.717, 1.165) is 5.52 Å². The molecule has 0 N–H and O–H groups in total. The smallest absolute Gasteiger partial charge is 0.294 e. The second-order valence-electron chi connectivity index (χ2n) is 3.20. The number of amides is 1. The molecule has 0 aromatic carbocycles. The second kappa shape index (κ2) is 3.74. The minimum atomic E-state index is -0.167. The van der Waals surface area contributed by atoms with Crippen molar-refractivity contribution in [2.45, 2.75) is 0 Å². The molecule has 0 radical (unpaired) electrons. The van der Waals surface area contributed by atoms with Crippen LogP contribution in [0.4, 0.5) is 0 Å². The van der Waals surface area contributed by atoms with Gasteiger partial charge in [0.1, 0.15) is 5.69 Å². The van der Waals surface area contributed by atoms with Gasteiger partial charge in [-0.05, 0) is 24.3 Å². The van der Waals surface area contributed by atoms with Gasteiger partial charge in [-0.1, -0.05) is 6.07 Å². The highest BCUT2D eigenvalue weighted by atomic mass is 16.7. The SMILES string of the molecule is CON(C)C(=O)c1cccc2cccn12. The number of carbonyl (C=O) groups is 1. The molecule has 0 fully saturated rings. The van der Waals surface area contributed by atoms with Gasteiger partial charge in [-0.3, -0.25) is 9.63 Å². The number of fused-ring (bicyclic) bond motifs is 1. The standard InChI is InChI=1S/C11H12N2O2/c1-12(15-2)11(14)10-7-3-5-9-6-4-8-13(9)10/h3-8H,1-2H3. The highest BCUT2D eigenvalue weighted by Crippen LogP contribution is 2.10. The van der Waals surface area contributed by atoms with Crippen molar-refractivity contribution in [2.75, 3.05) is 14.2 Å². The second-order valence-corrected chi connectivity index (χ2v) is 3.20. The Hall–Kier alpha value is -1.81.